The summed E-state index contributed by atoms with van der Waals surface area (Å²) >= 11 is 6.00. The van der Waals surface area contributed by atoms with E-state index in [1.165, 1.54) is 0 Å². The SMILES string of the molecule is CCNC(=NCc1cccc(Cl)c1)NCCCCn1ccccc1=O.I. The summed E-state index contributed by atoms with van der Waals surface area (Å²) in [6.45, 7) is 4.97. The van der Waals surface area contributed by atoms with E-state index in [9.17, 15) is 4.79 Å². The molecule has 142 valence electrons. The molecular formula is C19H26ClIN4O. The van der Waals surface area contributed by atoms with Gasteiger partial charge in [-0.2, -0.15) is 0 Å². The average Bonchev–Trinajstić information content (AvgIpc) is 2.61. The predicted molar refractivity (Wildman–Crippen MR) is 120 cm³/mol. The van der Waals surface area contributed by atoms with E-state index in [0.717, 1.165) is 49.0 Å². The Morgan fingerprint density at radius 1 is 1.15 bits per heavy atom. The molecule has 0 unspecified atom stereocenters. The van der Waals surface area contributed by atoms with Gasteiger partial charge in [-0.05, 0) is 43.5 Å². The van der Waals surface area contributed by atoms with Gasteiger partial charge in [0, 0.05) is 36.9 Å². The number of hydrogen-bond acceptors (Lipinski definition) is 2. The third-order valence-corrected chi connectivity index (χ3v) is 3.91. The van der Waals surface area contributed by atoms with E-state index >= 15 is 0 Å². The maximum Gasteiger partial charge on any atom is 0.250 e. The third kappa shape index (κ3) is 8.23. The van der Waals surface area contributed by atoms with Crippen LogP contribution in [-0.2, 0) is 13.1 Å². The Balaban J connectivity index is 0.00000338. The minimum absolute atomic E-state index is 0. The molecule has 0 radical (unpaired) electrons. The molecule has 7 heteroatoms. The van der Waals surface area contributed by atoms with Gasteiger partial charge in [-0.15, -0.1) is 24.0 Å². The molecule has 0 saturated carbocycles. The van der Waals surface area contributed by atoms with Gasteiger partial charge < -0.3 is 15.2 Å². The number of unbranched alkanes of at least 4 members (excludes halogenated alkanes) is 1. The van der Waals surface area contributed by atoms with Crippen LogP contribution in [0.3, 0.4) is 0 Å². The zero-order valence-corrected chi connectivity index (χ0v) is 18.0. The van der Waals surface area contributed by atoms with Crippen LogP contribution in [0, 0.1) is 0 Å². The lowest BCUT2D eigenvalue weighted by Gasteiger charge is -2.11. The van der Waals surface area contributed by atoms with Crippen LogP contribution in [-0.4, -0.2) is 23.6 Å². The van der Waals surface area contributed by atoms with Crippen LogP contribution < -0.4 is 16.2 Å². The molecule has 1 heterocycles. The fraction of sp³-hybridized carbons (Fsp3) is 0.368. The molecule has 0 fully saturated rings. The van der Waals surface area contributed by atoms with Gasteiger partial charge in [0.25, 0.3) is 0 Å². The van der Waals surface area contributed by atoms with Crippen LogP contribution in [0.25, 0.3) is 0 Å². The Bertz CT molecular complexity index is 748. The van der Waals surface area contributed by atoms with Crippen molar-refractivity contribution in [2.75, 3.05) is 13.1 Å². The van der Waals surface area contributed by atoms with Gasteiger partial charge in [-0.25, -0.2) is 4.99 Å². The lowest BCUT2D eigenvalue weighted by Crippen LogP contribution is -2.37. The van der Waals surface area contributed by atoms with E-state index in [0.29, 0.717) is 6.54 Å². The first-order chi connectivity index (χ1) is 12.2. The maximum absolute atomic E-state index is 11.6. The largest absolute Gasteiger partial charge is 0.357 e. The highest BCUT2D eigenvalue weighted by Gasteiger charge is 1.99. The number of hydrogen-bond donors (Lipinski definition) is 2. The Morgan fingerprint density at radius 3 is 2.73 bits per heavy atom. The van der Waals surface area contributed by atoms with Crippen LogP contribution in [0.15, 0.2) is 58.4 Å². The Kier molecular flexibility index (Phi) is 11.0. The fourth-order valence-corrected chi connectivity index (χ4v) is 2.62. The molecule has 0 aliphatic rings. The monoisotopic (exact) mass is 488 g/mol. The third-order valence-electron chi connectivity index (χ3n) is 3.67. The number of pyridine rings is 1. The minimum atomic E-state index is 0. The molecule has 0 spiro atoms. The van der Waals surface area contributed by atoms with Gasteiger partial charge in [0.15, 0.2) is 5.96 Å². The summed E-state index contributed by atoms with van der Waals surface area (Å²) in [5, 5.41) is 7.28. The number of nitrogens with one attached hydrogen (secondary N) is 2. The second kappa shape index (κ2) is 12.8. The Hall–Kier alpha value is -1.54. The van der Waals surface area contributed by atoms with Crippen molar-refractivity contribution in [1.82, 2.24) is 15.2 Å². The molecule has 0 aliphatic carbocycles. The van der Waals surface area contributed by atoms with Gasteiger partial charge in [0.2, 0.25) is 5.56 Å². The number of nitrogens with zero attached hydrogens (tertiary/aromatic N) is 2. The average molecular weight is 489 g/mol. The van der Waals surface area contributed by atoms with Gasteiger partial charge in [-0.1, -0.05) is 29.8 Å². The summed E-state index contributed by atoms with van der Waals surface area (Å²) in [6, 6.07) is 13.0. The molecule has 2 rings (SSSR count). The van der Waals surface area contributed by atoms with Crippen molar-refractivity contribution in [3.63, 3.8) is 0 Å². The molecule has 1 aromatic heterocycles. The number of halogens is 2. The van der Waals surface area contributed by atoms with Crippen LogP contribution in [0.1, 0.15) is 25.3 Å². The summed E-state index contributed by atoms with van der Waals surface area (Å²) in [6.07, 6.45) is 3.72. The summed E-state index contributed by atoms with van der Waals surface area (Å²) in [5.74, 6) is 0.791. The zero-order chi connectivity index (χ0) is 17.9. The normalized spacial score (nSPS) is 10.9. The molecule has 26 heavy (non-hydrogen) atoms. The maximum atomic E-state index is 11.6. The molecule has 2 N–H and O–H groups in total. The van der Waals surface area contributed by atoms with Crippen molar-refractivity contribution in [3.05, 3.63) is 69.6 Å². The molecule has 0 amide bonds. The van der Waals surface area contributed by atoms with Crippen molar-refractivity contribution < 1.29 is 0 Å². The molecule has 5 nitrogen and oxygen atoms in total. The highest BCUT2D eigenvalue weighted by Crippen LogP contribution is 2.11. The second-order valence-electron chi connectivity index (χ2n) is 5.69. The van der Waals surface area contributed by atoms with E-state index in [2.05, 4.69) is 15.6 Å². The number of guanidine groups is 1. The van der Waals surface area contributed by atoms with Gasteiger partial charge in [0.1, 0.15) is 0 Å². The van der Waals surface area contributed by atoms with Crippen molar-refractivity contribution in [2.45, 2.75) is 32.9 Å². The van der Waals surface area contributed by atoms with Gasteiger partial charge >= 0.3 is 0 Å². The lowest BCUT2D eigenvalue weighted by atomic mass is 10.2. The topological polar surface area (TPSA) is 58.4 Å². The summed E-state index contributed by atoms with van der Waals surface area (Å²) in [7, 11) is 0. The standard InChI is InChI=1S/C19H25ClN4O.HI/c1-2-21-19(23-15-16-8-7-9-17(20)14-16)22-11-4-6-13-24-12-5-3-10-18(24)25;/h3,5,7-10,12,14H,2,4,6,11,13,15H2,1H3,(H2,21,22,23);1H. The Labute approximate surface area is 176 Å². The summed E-state index contributed by atoms with van der Waals surface area (Å²) < 4.78 is 1.73. The molecule has 0 aliphatic heterocycles. The number of rotatable bonds is 8. The van der Waals surface area contributed by atoms with E-state index in [1.54, 1.807) is 16.7 Å². The lowest BCUT2D eigenvalue weighted by molar-refractivity contribution is 0.585. The van der Waals surface area contributed by atoms with Crippen LogP contribution in [0.4, 0.5) is 0 Å². The van der Waals surface area contributed by atoms with Gasteiger partial charge in [-0.3, -0.25) is 4.79 Å². The van der Waals surface area contributed by atoms with Crippen LogP contribution in [0.5, 0.6) is 0 Å². The highest BCUT2D eigenvalue weighted by atomic mass is 127. The van der Waals surface area contributed by atoms with Crippen LogP contribution >= 0.6 is 35.6 Å². The first-order valence-corrected chi connectivity index (χ1v) is 8.99. The quantitative estimate of drug-likeness (QED) is 0.258. The second-order valence-corrected chi connectivity index (χ2v) is 6.13. The molecule has 0 bridgehead atoms. The smallest absolute Gasteiger partial charge is 0.250 e. The summed E-state index contributed by atoms with van der Waals surface area (Å²) in [5.41, 5.74) is 1.13. The van der Waals surface area contributed by atoms with Crippen molar-refractivity contribution in [3.8, 4) is 0 Å². The number of aliphatic imine (C=N–C) groups is 1. The van der Waals surface area contributed by atoms with E-state index in [-0.39, 0.29) is 29.5 Å². The highest BCUT2D eigenvalue weighted by molar-refractivity contribution is 14.0. The van der Waals surface area contributed by atoms with Crippen molar-refractivity contribution in [1.29, 1.82) is 0 Å². The van der Waals surface area contributed by atoms with E-state index in [4.69, 9.17) is 11.6 Å². The number of aryl methyl sites for hydroxylation is 1. The Morgan fingerprint density at radius 2 is 2.00 bits per heavy atom. The predicted octanol–water partition coefficient (Wildman–Crippen LogP) is 3.66. The number of benzene rings is 1. The molecular weight excluding hydrogens is 463 g/mol. The van der Waals surface area contributed by atoms with Crippen LogP contribution in [0.2, 0.25) is 5.02 Å². The molecule has 0 saturated heterocycles. The van der Waals surface area contributed by atoms with E-state index in [1.807, 2.05) is 43.5 Å². The zero-order valence-electron chi connectivity index (χ0n) is 15.0. The number of aromatic nitrogens is 1. The van der Waals surface area contributed by atoms with Crippen molar-refractivity contribution >= 4 is 41.5 Å². The molecule has 0 atom stereocenters. The minimum Gasteiger partial charge on any atom is -0.357 e. The van der Waals surface area contributed by atoms with Gasteiger partial charge in [0.05, 0.1) is 6.54 Å². The molecule has 2 aromatic rings. The first-order valence-electron chi connectivity index (χ1n) is 8.61. The fourth-order valence-electron chi connectivity index (χ4n) is 2.41. The van der Waals surface area contributed by atoms with Crippen molar-refractivity contribution in [2.24, 2.45) is 4.99 Å². The summed E-state index contributed by atoms with van der Waals surface area (Å²) in [4.78, 5) is 16.2. The van der Waals surface area contributed by atoms with E-state index < -0.39 is 0 Å². The first kappa shape index (κ1) is 22.5. The molecule has 1 aromatic carbocycles.